The third-order valence-electron chi connectivity index (χ3n) is 3.45. The van der Waals surface area contributed by atoms with Crippen LogP contribution in [0.3, 0.4) is 0 Å². The molecule has 0 atom stereocenters. The van der Waals surface area contributed by atoms with E-state index < -0.39 is 0 Å². The van der Waals surface area contributed by atoms with Crippen molar-refractivity contribution in [3.8, 4) is 0 Å². The van der Waals surface area contributed by atoms with Gasteiger partial charge in [0.25, 0.3) is 5.91 Å². The van der Waals surface area contributed by atoms with Crippen molar-refractivity contribution in [1.29, 1.82) is 0 Å². The van der Waals surface area contributed by atoms with Crippen LogP contribution in [0.4, 0.5) is 0 Å². The molecule has 1 aromatic carbocycles. The number of carbonyl (C=O) groups is 2. The highest BCUT2D eigenvalue weighted by molar-refractivity contribution is 7.09. The summed E-state index contributed by atoms with van der Waals surface area (Å²) < 4.78 is 0. The Bertz CT molecular complexity index is 638. The molecule has 0 spiro atoms. The van der Waals surface area contributed by atoms with Crippen LogP contribution in [0, 0.1) is 6.92 Å². The minimum atomic E-state index is -0.210. The summed E-state index contributed by atoms with van der Waals surface area (Å²) in [7, 11) is 0. The molecule has 22 heavy (non-hydrogen) atoms. The third-order valence-corrected chi connectivity index (χ3v) is 4.31. The van der Waals surface area contributed by atoms with Gasteiger partial charge in [0.15, 0.2) is 0 Å². The van der Waals surface area contributed by atoms with Gasteiger partial charge >= 0.3 is 0 Å². The van der Waals surface area contributed by atoms with Gasteiger partial charge in [0, 0.05) is 17.0 Å². The number of hydrogen-bond acceptors (Lipinski definition) is 3. The van der Waals surface area contributed by atoms with E-state index in [2.05, 4.69) is 5.32 Å². The van der Waals surface area contributed by atoms with Crippen LogP contribution in [-0.2, 0) is 11.3 Å². The maximum Gasteiger partial charge on any atom is 0.251 e. The lowest BCUT2D eigenvalue weighted by Crippen LogP contribution is -2.39. The average molecular weight is 316 g/mol. The van der Waals surface area contributed by atoms with Crippen molar-refractivity contribution in [1.82, 2.24) is 10.2 Å². The molecule has 0 fully saturated rings. The maximum absolute atomic E-state index is 12.2. The van der Waals surface area contributed by atoms with Gasteiger partial charge in [0.2, 0.25) is 5.91 Å². The lowest BCUT2D eigenvalue weighted by Gasteiger charge is -2.20. The third kappa shape index (κ3) is 4.18. The van der Waals surface area contributed by atoms with Gasteiger partial charge in [-0.15, -0.1) is 11.3 Å². The highest BCUT2D eigenvalue weighted by Gasteiger charge is 2.15. The molecule has 1 N–H and O–H groups in total. The normalized spacial score (nSPS) is 10.3. The fourth-order valence-electron chi connectivity index (χ4n) is 2.16. The summed E-state index contributed by atoms with van der Waals surface area (Å²) in [6, 6.07) is 11.3. The highest BCUT2D eigenvalue weighted by atomic mass is 32.1. The number of rotatable bonds is 6. The summed E-state index contributed by atoms with van der Waals surface area (Å²) in [6.45, 7) is 5.05. The second kappa shape index (κ2) is 7.75. The van der Waals surface area contributed by atoms with Gasteiger partial charge in [-0.25, -0.2) is 0 Å². The number of nitrogens with zero attached hydrogens (tertiary/aromatic N) is 1. The molecule has 0 bridgehead atoms. The van der Waals surface area contributed by atoms with Crippen molar-refractivity contribution in [2.24, 2.45) is 0 Å². The Labute approximate surface area is 134 Å². The summed E-state index contributed by atoms with van der Waals surface area (Å²) in [5.74, 6) is -0.281. The first-order valence-electron chi connectivity index (χ1n) is 7.25. The number of hydrogen-bond donors (Lipinski definition) is 1. The maximum atomic E-state index is 12.2. The number of nitrogens with one attached hydrogen (secondary N) is 1. The molecular formula is C17H20N2O2S. The molecule has 0 saturated heterocycles. The zero-order chi connectivity index (χ0) is 15.9. The van der Waals surface area contributed by atoms with Crippen molar-refractivity contribution in [2.45, 2.75) is 20.4 Å². The second-order valence-electron chi connectivity index (χ2n) is 4.98. The monoisotopic (exact) mass is 316 g/mol. The van der Waals surface area contributed by atoms with Crippen molar-refractivity contribution in [2.75, 3.05) is 13.1 Å². The van der Waals surface area contributed by atoms with Crippen LogP contribution >= 0.6 is 11.3 Å². The molecule has 5 heteroatoms. The molecule has 0 unspecified atom stereocenters. The molecule has 116 valence electrons. The fraction of sp³-hybridized carbons (Fsp3) is 0.294. The molecule has 2 amide bonds. The van der Waals surface area contributed by atoms with Crippen molar-refractivity contribution in [3.63, 3.8) is 0 Å². The van der Waals surface area contributed by atoms with Gasteiger partial charge < -0.3 is 10.2 Å². The van der Waals surface area contributed by atoms with Crippen LogP contribution in [0.15, 0.2) is 41.8 Å². The van der Waals surface area contributed by atoms with Crippen molar-refractivity contribution < 1.29 is 9.59 Å². The summed E-state index contributed by atoms with van der Waals surface area (Å²) in [4.78, 5) is 27.2. The lowest BCUT2D eigenvalue weighted by atomic mass is 10.1. The van der Waals surface area contributed by atoms with Crippen molar-refractivity contribution in [3.05, 3.63) is 57.8 Å². The summed E-state index contributed by atoms with van der Waals surface area (Å²) in [5, 5.41) is 4.70. The molecular weight excluding hydrogens is 296 g/mol. The summed E-state index contributed by atoms with van der Waals surface area (Å²) >= 11 is 1.63. The first-order chi connectivity index (χ1) is 10.6. The predicted octanol–water partition coefficient (Wildman–Crippen LogP) is 2.84. The van der Waals surface area contributed by atoms with Gasteiger partial charge in [-0.1, -0.05) is 24.3 Å². The molecule has 0 aliphatic rings. The Morgan fingerprint density at radius 1 is 1.18 bits per heavy atom. The molecule has 4 nitrogen and oxygen atoms in total. The van der Waals surface area contributed by atoms with E-state index in [1.165, 1.54) is 0 Å². The highest BCUT2D eigenvalue weighted by Crippen LogP contribution is 2.12. The van der Waals surface area contributed by atoms with Crippen LogP contribution in [0.1, 0.15) is 27.7 Å². The minimum absolute atomic E-state index is 0.0202. The molecule has 1 heterocycles. The smallest absolute Gasteiger partial charge is 0.251 e. The zero-order valence-electron chi connectivity index (χ0n) is 12.8. The summed E-state index contributed by atoms with van der Waals surface area (Å²) in [5.41, 5.74) is 1.51. The van der Waals surface area contributed by atoms with E-state index in [0.717, 1.165) is 10.4 Å². The summed E-state index contributed by atoms with van der Waals surface area (Å²) in [6.07, 6.45) is 0. The van der Waals surface area contributed by atoms with Crippen LogP contribution in [0.2, 0.25) is 0 Å². The topological polar surface area (TPSA) is 49.4 Å². The van der Waals surface area contributed by atoms with E-state index in [-0.39, 0.29) is 18.4 Å². The van der Waals surface area contributed by atoms with Gasteiger partial charge in [-0.05, 0) is 36.9 Å². The number of aryl methyl sites for hydroxylation is 1. The SMILES string of the molecule is CCN(Cc1cccs1)C(=O)CNC(=O)c1ccccc1C. The Morgan fingerprint density at radius 2 is 1.95 bits per heavy atom. The first-order valence-corrected chi connectivity index (χ1v) is 8.13. The number of carbonyl (C=O) groups excluding carboxylic acids is 2. The van der Waals surface area contributed by atoms with E-state index in [4.69, 9.17) is 0 Å². The molecule has 2 aromatic rings. The zero-order valence-corrected chi connectivity index (χ0v) is 13.7. The van der Waals surface area contributed by atoms with E-state index in [9.17, 15) is 9.59 Å². The minimum Gasteiger partial charge on any atom is -0.343 e. The van der Waals surface area contributed by atoms with Crippen LogP contribution < -0.4 is 5.32 Å². The second-order valence-corrected chi connectivity index (χ2v) is 6.02. The number of benzene rings is 1. The van der Waals surface area contributed by atoms with Gasteiger partial charge in [-0.2, -0.15) is 0 Å². The Kier molecular flexibility index (Phi) is 5.72. The first kappa shape index (κ1) is 16.2. The fourth-order valence-corrected chi connectivity index (χ4v) is 2.88. The largest absolute Gasteiger partial charge is 0.343 e. The number of amides is 2. The molecule has 0 radical (unpaired) electrons. The van der Waals surface area contributed by atoms with Gasteiger partial charge in [-0.3, -0.25) is 9.59 Å². The van der Waals surface area contributed by atoms with E-state index in [0.29, 0.717) is 18.7 Å². The Balaban J connectivity index is 1.91. The van der Waals surface area contributed by atoms with E-state index in [1.54, 1.807) is 22.3 Å². The molecule has 1 aromatic heterocycles. The average Bonchev–Trinajstić information content (AvgIpc) is 3.03. The molecule has 0 aliphatic carbocycles. The van der Waals surface area contributed by atoms with Crippen LogP contribution in [0.25, 0.3) is 0 Å². The van der Waals surface area contributed by atoms with Gasteiger partial charge in [0.05, 0.1) is 13.1 Å². The van der Waals surface area contributed by atoms with Crippen molar-refractivity contribution >= 4 is 23.2 Å². The standard InChI is InChI=1S/C17H20N2O2S/c1-3-19(12-14-8-6-10-22-14)16(20)11-18-17(21)15-9-5-4-7-13(15)2/h4-10H,3,11-12H2,1-2H3,(H,18,21). The lowest BCUT2D eigenvalue weighted by molar-refractivity contribution is -0.130. The molecule has 0 aliphatic heterocycles. The van der Waals surface area contributed by atoms with E-state index in [1.807, 2.05) is 49.6 Å². The van der Waals surface area contributed by atoms with Crippen LogP contribution in [0.5, 0.6) is 0 Å². The molecule has 2 rings (SSSR count). The van der Waals surface area contributed by atoms with E-state index >= 15 is 0 Å². The molecule has 0 saturated carbocycles. The Hall–Kier alpha value is -2.14. The van der Waals surface area contributed by atoms with Crippen LogP contribution in [-0.4, -0.2) is 29.8 Å². The predicted molar refractivity (Wildman–Crippen MR) is 88.9 cm³/mol. The number of likely N-dealkylation sites (N-methyl/N-ethyl adjacent to an activating group) is 1. The Morgan fingerprint density at radius 3 is 2.59 bits per heavy atom. The van der Waals surface area contributed by atoms with Gasteiger partial charge in [0.1, 0.15) is 0 Å². The number of thiophene rings is 1. The quantitative estimate of drug-likeness (QED) is 0.891.